The van der Waals surface area contributed by atoms with Crippen LogP contribution in [0.1, 0.15) is 26.5 Å². The molecule has 174 valence electrons. The minimum Gasteiger partial charge on any atom is -0.496 e. The van der Waals surface area contributed by atoms with Crippen LogP contribution < -0.4 is 10.1 Å². The number of ether oxygens (including phenoxy) is 2. The van der Waals surface area contributed by atoms with Crippen LogP contribution in [0, 0.1) is 6.92 Å². The molecule has 2 amide bonds. The lowest BCUT2D eigenvalue weighted by Crippen LogP contribution is -2.40. The molecule has 0 unspecified atom stereocenters. The molecule has 0 bridgehead atoms. The van der Waals surface area contributed by atoms with E-state index in [2.05, 4.69) is 20.4 Å². The molecule has 1 aromatic carbocycles. The van der Waals surface area contributed by atoms with Gasteiger partial charge in [0.15, 0.2) is 0 Å². The maximum absolute atomic E-state index is 13.2. The number of carbonyl (C=O) groups is 2. The predicted molar refractivity (Wildman–Crippen MR) is 127 cm³/mol. The third-order valence-corrected chi connectivity index (χ3v) is 6.30. The maximum Gasteiger partial charge on any atom is 0.274 e. The molecule has 0 saturated carbocycles. The Morgan fingerprint density at radius 1 is 1.18 bits per heavy atom. The van der Waals surface area contributed by atoms with Gasteiger partial charge in [-0.05, 0) is 19.1 Å². The zero-order valence-corrected chi connectivity index (χ0v) is 19.5. The quantitative estimate of drug-likeness (QED) is 0.470. The molecule has 0 radical (unpaired) electrons. The Balaban J connectivity index is 1.39. The number of nitrogens with one attached hydrogen (secondary N) is 1. The highest BCUT2D eigenvalue weighted by Crippen LogP contribution is 2.33. The summed E-state index contributed by atoms with van der Waals surface area (Å²) < 4.78 is 12.3. The maximum atomic E-state index is 13.2. The topological polar surface area (TPSA) is 111 Å². The largest absolute Gasteiger partial charge is 0.496 e. The van der Waals surface area contributed by atoms with Crippen LogP contribution >= 0.6 is 11.3 Å². The first kappa shape index (κ1) is 22.0. The van der Waals surface area contributed by atoms with E-state index in [0.29, 0.717) is 59.0 Å². The van der Waals surface area contributed by atoms with Gasteiger partial charge in [0.25, 0.3) is 11.8 Å². The van der Waals surface area contributed by atoms with Crippen LogP contribution in [-0.2, 0) is 4.74 Å². The second-order valence-corrected chi connectivity index (χ2v) is 8.65. The lowest BCUT2D eigenvalue weighted by atomic mass is 9.99. The highest BCUT2D eigenvalue weighted by molar-refractivity contribution is 7.20. The SMILES string of the molecule is COc1ccccc1-c1cc(C)ncc1C(=O)Nc1nn2cc(C(=O)N3CCOCC3)nc2s1. The molecule has 0 atom stereocenters. The Morgan fingerprint density at radius 3 is 2.74 bits per heavy atom. The van der Waals surface area contributed by atoms with Crippen LogP contribution in [0.25, 0.3) is 16.1 Å². The molecule has 4 aromatic rings. The van der Waals surface area contributed by atoms with Crippen molar-refractivity contribution in [2.45, 2.75) is 6.92 Å². The fourth-order valence-corrected chi connectivity index (χ4v) is 4.55. The smallest absolute Gasteiger partial charge is 0.274 e. The number of morpholine rings is 1. The van der Waals surface area contributed by atoms with Crippen LogP contribution in [0.4, 0.5) is 5.13 Å². The van der Waals surface area contributed by atoms with E-state index in [1.807, 2.05) is 37.3 Å². The number of aryl methyl sites for hydroxylation is 1. The Kier molecular flexibility index (Phi) is 5.95. The van der Waals surface area contributed by atoms with Gasteiger partial charge in [-0.2, -0.15) is 0 Å². The summed E-state index contributed by atoms with van der Waals surface area (Å²) in [6.45, 7) is 3.99. The summed E-state index contributed by atoms with van der Waals surface area (Å²) in [7, 11) is 1.59. The lowest BCUT2D eigenvalue weighted by Gasteiger charge is -2.25. The summed E-state index contributed by atoms with van der Waals surface area (Å²) in [5.41, 5.74) is 3.00. The summed E-state index contributed by atoms with van der Waals surface area (Å²) in [5, 5.41) is 7.57. The van der Waals surface area contributed by atoms with Gasteiger partial charge in [0.2, 0.25) is 10.1 Å². The number of aromatic nitrogens is 4. The van der Waals surface area contributed by atoms with E-state index in [9.17, 15) is 9.59 Å². The number of benzene rings is 1. The average molecular weight is 479 g/mol. The molecular formula is C23H22N6O4S. The van der Waals surface area contributed by atoms with Crippen molar-refractivity contribution in [2.75, 3.05) is 38.7 Å². The molecule has 10 nitrogen and oxygen atoms in total. The van der Waals surface area contributed by atoms with Crippen molar-refractivity contribution in [3.63, 3.8) is 0 Å². The van der Waals surface area contributed by atoms with Gasteiger partial charge in [-0.15, -0.1) is 5.10 Å². The standard InChI is InChI=1S/C23H22N6O4S/c1-14-11-16(15-5-3-4-6-19(15)32-2)17(12-24-14)20(30)26-22-27-29-13-18(25-23(29)34-22)21(31)28-7-9-33-10-8-28/h3-6,11-13H,7-10H2,1-2H3,(H,26,27,30). The second kappa shape index (κ2) is 9.20. The first-order valence-corrected chi connectivity index (χ1v) is 11.5. The van der Waals surface area contributed by atoms with Crippen molar-refractivity contribution < 1.29 is 19.1 Å². The van der Waals surface area contributed by atoms with Gasteiger partial charge in [0.1, 0.15) is 11.4 Å². The molecule has 34 heavy (non-hydrogen) atoms. The minimum atomic E-state index is -0.352. The number of fused-ring (bicyclic) bond motifs is 1. The molecule has 1 N–H and O–H groups in total. The van der Waals surface area contributed by atoms with Crippen LogP contribution in [0.5, 0.6) is 5.75 Å². The van der Waals surface area contributed by atoms with Crippen molar-refractivity contribution in [2.24, 2.45) is 0 Å². The third kappa shape index (κ3) is 4.22. The number of hydrogen-bond donors (Lipinski definition) is 1. The highest BCUT2D eigenvalue weighted by atomic mass is 32.1. The average Bonchev–Trinajstić information content (AvgIpc) is 3.42. The first-order valence-electron chi connectivity index (χ1n) is 10.7. The number of anilines is 1. The molecular weight excluding hydrogens is 456 g/mol. The van der Waals surface area contributed by atoms with Gasteiger partial charge in [0.05, 0.1) is 32.1 Å². The highest BCUT2D eigenvalue weighted by Gasteiger charge is 2.23. The first-order chi connectivity index (χ1) is 16.5. The van der Waals surface area contributed by atoms with E-state index >= 15 is 0 Å². The van der Waals surface area contributed by atoms with Gasteiger partial charge in [-0.3, -0.25) is 19.9 Å². The van der Waals surface area contributed by atoms with Crippen molar-refractivity contribution in [1.29, 1.82) is 0 Å². The Bertz CT molecular complexity index is 1340. The minimum absolute atomic E-state index is 0.154. The molecule has 5 rings (SSSR count). The number of nitrogens with zero attached hydrogens (tertiary/aromatic N) is 5. The predicted octanol–water partition coefficient (Wildman–Crippen LogP) is 2.89. The number of methoxy groups -OCH3 is 1. The van der Waals surface area contributed by atoms with Gasteiger partial charge >= 0.3 is 0 Å². The van der Waals surface area contributed by atoms with Crippen molar-refractivity contribution in [3.8, 4) is 16.9 Å². The van der Waals surface area contributed by atoms with E-state index in [1.54, 1.807) is 24.4 Å². The van der Waals surface area contributed by atoms with Gasteiger partial charge in [-0.1, -0.05) is 29.5 Å². The molecule has 11 heteroatoms. The van der Waals surface area contributed by atoms with Crippen LogP contribution in [0.2, 0.25) is 0 Å². The normalized spacial score (nSPS) is 13.8. The monoisotopic (exact) mass is 478 g/mol. The van der Waals surface area contributed by atoms with Crippen molar-refractivity contribution in [3.05, 3.63) is 59.7 Å². The molecule has 1 saturated heterocycles. The molecule has 4 heterocycles. The van der Waals surface area contributed by atoms with E-state index < -0.39 is 0 Å². The van der Waals surface area contributed by atoms with E-state index in [-0.39, 0.29) is 11.8 Å². The number of carbonyl (C=O) groups excluding carboxylic acids is 2. The zero-order valence-electron chi connectivity index (χ0n) is 18.6. The number of amides is 2. The molecule has 1 aliphatic rings. The van der Waals surface area contributed by atoms with Gasteiger partial charge in [0, 0.05) is 36.1 Å². The third-order valence-electron chi connectivity index (χ3n) is 5.46. The molecule has 1 fully saturated rings. The van der Waals surface area contributed by atoms with Crippen LogP contribution in [-0.4, -0.2) is 69.7 Å². The second-order valence-electron chi connectivity index (χ2n) is 7.69. The Labute approximate surface area is 199 Å². The Morgan fingerprint density at radius 2 is 1.97 bits per heavy atom. The lowest BCUT2D eigenvalue weighted by molar-refractivity contribution is 0.0299. The van der Waals surface area contributed by atoms with Gasteiger partial charge < -0.3 is 14.4 Å². The number of para-hydroxylation sites is 1. The Hall–Kier alpha value is -3.83. The fourth-order valence-electron chi connectivity index (χ4n) is 3.78. The molecule has 0 spiro atoms. The summed E-state index contributed by atoms with van der Waals surface area (Å²) >= 11 is 1.19. The summed E-state index contributed by atoms with van der Waals surface area (Å²) in [6, 6.07) is 9.36. The number of imidazole rings is 1. The summed E-state index contributed by atoms with van der Waals surface area (Å²) in [4.78, 5) is 36.7. The number of rotatable bonds is 5. The van der Waals surface area contributed by atoms with Crippen molar-refractivity contribution in [1.82, 2.24) is 24.5 Å². The summed E-state index contributed by atoms with van der Waals surface area (Å²) in [5.74, 6) is 0.154. The van der Waals surface area contributed by atoms with E-state index in [0.717, 1.165) is 11.3 Å². The van der Waals surface area contributed by atoms with Gasteiger partial charge in [-0.25, -0.2) is 9.50 Å². The molecule has 1 aliphatic heterocycles. The van der Waals surface area contributed by atoms with E-state index in [4.69, 9.17) is 9.47 Å². The van der Waals surface area contributed by atoms with E-state index in [1.165, 1.54) is 15.9 Å². The van der Waals surface area contributed by atoms with Crippen LogP contribution in [0.3, 0.4) is 0 Å². The number of hydrogen-bond acceptors (Lipinski definition) is 8. The van der Waals surface area contributed by atoms with Crippen molar-refractivity contribution >= 4 is 33.2 Å². The zero-order chi connectivity index (χ0) is 23.7. The van der Waals surface area contributed by atoms with Crippen LogP contribution in [0.15, 0.2) is 42.7 Å². The molecule has 0 aliphatic carbocycles. The summed E-state index contributed by atoms with van der Waals surface area (Å²) in [6.07, 6.45) is 3.12. The number of pyridine rings is 1. The molecule has 3 aromatic heterocycles. The fraction of sp³-hybridized carbons (Fsp3) is 0.261.